The van der Waals surface area contributed by atoms with Crippen LogP contribution in [0, 0.1) is 13.8 Å². The van der Waals surface area contributed by atoms with Gasteiger partial charge in [0.1, 0.15) is 11.8 Å². The van der Waals surface area contributed by atoms with E-state index in [1.807, 2.05) is 70.2 Å². The first kappa shape index (κ1) is 24.7. The van der Waals surface area contributed by atoms with E-state index in [0.29, 0.717) is 25.3 Å². The van der Waals surface area contributed by atoms with Crippen molar-refractivity contribution in [2.24, 2.45) is 0 Å². The number of carbonyl (C=O) groups is 1. The SMILES string of the molecule is CCOc1ccccc1CCCNC(=O)[C@@H](CC)N(c1cc(C)ccc1C)S(C)(=O)=O. The van der Waals surface area contributed by atoms with Gasteiger partial charge in [0.2, 0.25) is 15.9 Å². The quantitative estimate of drug-likeness (QED) is 0.530. The van der Waals surface area contributed by atoms with Crippen molar-refractivity contribution in [1.29, 1.82) is 0 Å². The van der Waals surface area contributed by atoms with Crippen LogP contribution in [0.1, 0.15) is 43.4 Å². The zero-order valence-corrected chi connectivity index (χ0v) is 20.0. The minimum absolute atomic E-state index is 0.285. The Bertz CT molecular complexity index is 989. The third kappa shape index (κ3) is 6.72. The van der Waals surface area contributed by atoms with E-state index in [1.54, 1.807) is 0 Å². The number of hydrogen-bond donors (Lipinski definition) is 1. The number of anilines is 1. The Hall–Kier alpha value is -2.54. The molecule has 0 fully saturated rings. The van der Waals surface area contributed by atoms with Crippen molar-refractivity contribution < 1.29 is 17.9 Å². The summed E-state index contributed by atoms with van der Waals surface area (Å²) in [5.74, 6) is 0.577. The molecule has 1 amide bonds. The molecule has 6 nitrogen and oxygen atoms in total. The Morgan fingerprint density at radius 2 is 1.84 bits per heavy atom. The standard InChI is InChI=1S/C24H34N2O4S/c1-6-21(26(31(5,28)29)22-17-18(3)14-15-19(22)4)24(27)25-16-10-12-20-11-8-9-13-23(20)30-7-2/h8-9,11,13-15,17,21H,6-7,10,12,16H2,1-5H3,(H,25,27)/t21-/m1/s1. The first-order chi connectivity index (χ1) is 14.7. The second kappa shape index (κ2) is 11.2. The summed E-state index contributed by atoms with van der Waals surface area (Å²) in [5, 5.41) is 2.93. The molecule has 0 aliphatic rings. The molecule has 2 aromatic carbocycles. The van der Waals surface area contributed by atoms with Crippen LogP contribution in [0.3, 0.4) is 0 Å². The summed E-state index contributed by atoms with van der Waals surface area (Å²) in [6, 6.07) is 12.7. The normalized spacial score (nSPS) is 12.3. The molecule has 1 atom stereocenters. The lowest BCUT2D eigenvalue weighted by Crippen LogP contribution is -2.49. The molecule has 0 aliphatic heterocycles. The van der Waals surface area contributed by atoms with Crippen molar-refractivity contribution in [2.75, 3.05) is 23.7 Å². The molecular weight excluding hydrogens is 412 g/mol. The highest BCUT2D eigenvalue weighted by molar-refractivity contribution is 7.92. The van der Waals surface area contributed by atoms with Crippen LogP contribution in [0.2, 0.25) is 0 Å². The van der Waals surface area contributed by atoms with Crippen molar-refractivity contribution in [3.63, 3.8) is 0 Å². The average molecular weight is 447 g/mol. The molecule has 0 spiro atoms. The third-order valence-corrected chi connectivity index (χ3v) is 6.29. The Morgan fingerprint density at radius 1 is 1.13 bits per heavy atom. The van der Waals surface area contributed by atoms with Gasteiger partial charge in [-0.15, -0.1) is 0 Å². The van der Waals surface area contributed by atoms with Gasteiger partial charge in [-0.2, -0.15) is 0 Å². The van der Waals surface area contributed by atoms with E-state index in [1.165, 1.54) is 4.31 Å². The summed E-state index contributed by atoms with van der Waals surface area (Å²) < 4.78 is 32.2. The summed E-state index contributed by atoms with van der Waals surface area (Å²) in [7, 11) is -3.64. The average Bonchev–Trinajstić information content (AvgIpc) is 2.71. The Kier molecular flexibility index (Phi) is 8.92. The third-order valence-electron chi connectivity index (χ3n) is 5.13. The molecule has 2 rings (SSSR count). The second-order valence-corrected chi connectivity index (χ2v) is 9.57. The number of ether oxygens (including phenoxy) is 1. The molecule has 0 unspecified atom stereocenters. The highest BCUT2D eigenvalue weighted by Crippen LogP contribution is 2.27. The maximum Gasteiger partial charge on any atom is 0.243 e. The predicted octanol–water partition coefficient (Wildman–Crippen LogP) is 4.00. The zero-order valence-electron chi connectivity index (χ0n) is 19.1. The van der Waals surface area contributed by atoms with E-state index in [0.717, 1.165) is 41.5 Å². The van der Waals surface area contributed by atoms with Crippen molar-refractivity contribution in [3.05, 3.63) is 59.2 Å². The van der Waals surface area contributed by atoms with Gasteiger partial charge >= 0.3 is 0 Å². The van der Waals surface area contributed by atoms with Crippen LogP contribution in [0.5, 0.6) is 5.75 Å². The molecular formula is C24H34N2O4S. The van der Waals surface area contributed by atoms with E-state index in [-0.39, 0.29) is 5.91 Å². The van der Waals surface area contributed by atoms with E-state index in [4.69, 9.17) is 4.74 Å². The van der Waals surface area contributed by atoms with Gasteiger partial charge in [0, 0.05) is 6.54 Å². The summed E-state index contributed by atoms with van der Waals surface area (Å²) >= 11 is 0. The van der Waals surface area contributed by atoms with Gasteiger partial charge in [0.25, 0.3) is 0 Å². The molecule has 0 radical (unpaired) electrons. The summed E-state index contributed by atoms with van der Waals surface area (Å²) in [6.45, 7) is 8.60. The Morgan fingerprint density at radius 3 is 2.48 bits per heavy atom. The molecule has 0 aliphatic carbocycles. The lowest BCUT2D eigenvalue weighted by molar-refractivity contribution is -0.122. The molecule has 170 valence electrons. The number of para-hydroxylation sites is 1. The van der Waals surface area contributed by atoms with Gasteiger partial charge < -0.3 is 10.1 Å². The molecule has 0 saturated heterocycles. The van der Waals surface area contributed by atoms with Gasteiger partial charge in [-0.3, -0.25) is 9.10 Å². The van der Waals surface area contributed by atoms with Crippen molar-refractivity contribution in [2.45, 2.75) is 53.0 Å². The van der Waals surface area contributed by atoms with E-state index >= 15 is 0 Å². The highest BCUT2D eigenvalue weighted by Gasteiger charge is 2.32. The number of nitrogens with one attached hydrogen (secondary N) is 1. The maximum atomic E-state index is 13.0. The predicted molar refractivity (Wildman–Crippen MR) is 126 cm³/mol. The van der Waals surface area contributed by atoms with Crippen LogP contribution in [0.15, 0.2) is 42.5 Å². The number of aryl methyl sites for hydroxylation is 3. The number of hydrogen-bond acceptors (Lipinski definition) is 4. The lowest BCUT2D eigenvalue weighted by Gasteiger charge is -2.31. The number of benzene rings is 2. The largest absolute Gasteiger partial charge is 0.494 e. The molecule has 0 heterocycles. The van der Waals surface area contributed by atoms with Gasteiger partial charge in [-0.1, -0.05) is 37.3 Å². The smallest absolute Gasteiger partial charge is 0.243 e. The minimum Gasteiger partial charge on any atom is -0.494 e. The second-order valence-electron chi connectivity index (χ2n) is 7.71. The van der Waals surface area contributed by atoms with Crippen molar-refractivity contribution in [1.82, 2.24) is 5.32 Å². The van der Waals surface area contributed by atoms with Gasteiger partial charge in [0.05, 0.1) is 18.6 Å². The summed E-state index contributed by atoms with van der Waals surface area (Å²) in [5.41, 5.74) is 3.40. The summed E-state index contributed by atoms with van der Waals surface area (Å²) in [6.07, 6.45) is 3.02. The van der Waals surface area contributed by atoms with Crippen LogP contribution < -0.4 is 14.4 Å². The van der Waals surface area contributed by atoms with Gasteiger partial charge in [-0.05, 0) is 68.9 Å². The topological polar surface area (TPSA) is 75.7 Å². The maximum absolute atomic E-state index is 13.0. The molecule has 2 aromatic rings. The van der Waals surface area contributed by atoms with Crippen LogP contribution in [0.25, 0.3) is 0 Å². The first-order valence-corrected chi connectivity index (χ1v) is 12.6. The monoisotopic (exact) mass is 446 g/mol. The van der Waals surface area contributed by atoms with Crippen molar-refractivity contribution >= 4 is 21.6 Å². The number of nitrogens with zero attached hydrogens (tertiary/aromatic N) is 1. The van der Waals surface area contributed by atoms with Gasteiger partial charge in [0.15, 0.2) is 0 Å². The highest BCUT2D eigenvalue weighted by atomic mass is 32.2. The van der Waals surface area contributed by atoms with Crippen LogP contribution in [-0.4, -0.2) is 39.8 Å². The number of carbonyl (C=O) groups excluding carboxylic acids is 1. The number of sulfonamides is 1. The van der Waals surface area contributed by atoms with Crippen molar-refractivity contribution in [3.8, 4) is 5.75 Å². The fourth-order valence-electron chi connectivity index (χ4n) is 3.61. The fourth-order valence-corrected chi connectivity index (χ4v) is 4.87. The minimum atomic E-state index is -3.64. The Balaban J connectivity index is 2.10. The number of amides is 1. The van der Waals surface area contributed by atoms with Crippen LogP contribution in [0.4, 0.5) is 5.69 Å². The molecule has 31 heavy (non-hydrogen) atoms. The first-order valence-electron chi connectivity index (χ1n) is 10.7. The molecule has 0 saturated carbocycles. The van der Waals surface area contributed by atoms with E-state index in [2.05, 4.69) is 5.32 Å². The number of rotatable bonds is 11. The molecule has 1 N–H and O–H groups in total. The molecule has 0 aromatic heterocycles. The van der Waals surface area contributed by atoms with E-state index in [9.17, 15) is 13.2 Å². The molecule has 7 heteroatoms. The van der Waals surface area contributed by atoms with Gasteiger partial charge in [-0.25, -0.2) is 8.42 Å². The van der Waals surface area contributed by atoms with Crippen LogP contribution in [-0.2, 0) is 21.2 Å². The summed E-state index contributed by atoms with van der Waals surface area (Å²) in [4.78, 5) is 13.0. The lowest BCUT2D eigenvalue weighted by atomic mass is 10.1. The zero-order chi connectivity index (χ0) is 23.0. The van der Waals surface area contributed by atoms with E-state index < -0.39 is 16.1 Å². The van der Waals surface area contributed by atoms with Crippen LogP contribution >= 0.6 is 0 Å². The molecule has 0 bridgehead atoms. The fraction of sp³-hybridized carbons (Fsp3) is 0.458. The Labute approximate surface area is 186 Å².